The molecular weight excluding hydrogens is 452 g/mol. The van der Waals surface area contributed by atoms with Crippen molar-refractivity contribution in [3.8, 4) is 28.5 Å². The van der Waals surface area contributed by atoms with E-state index in [2.05, 4.69) is 44.3 Å². The number of fused-ring (bicyclic) bond motifs is 2. The van der Waals surface area contributed by atoms with Crippen molar-refractivity contribution in [3.63, 3.8) is 0 Å². The lowest BCUT2D eigenvalue weighted by atomic mass is 9.85. The van der Waals surface area contributed by atoms with Crippen LogP contribution in [0.25, 0.3) is 11.3 Å². The first kappa shape index (κ1) is 23.5. The average Bonchev–Trinajstić information content (AvgIpc) is 3.11. The molecule has 1 aliphatic rings. The van der Waals surface area contributed by atoms with E-state index in [9.17, 15) is 4.79 Å². The Morgan fingerprint density at radius 2 is 1.81 bits per heavy atom. The van der Waals surface area contributed by atoms with Crippen molar-refractivity contribution < 1.29 is 14.3 Å². The number of benzene rings is 3. The molecule has 184 valence electrons. The van der Waals surface area contributed by atoms with Gasteiger partial charge < -0.3 is 20.5 Å². The molecule has 2 heterocycles. The zero-order valence-electron chi connectivity index (χ0n) is 21.0. The van der Waals surface area contributed by atoms with Gasteiger partial charge in [-0.05, 0) is 53.3 Å². The quantitative estimate of drug-likeness (QED) is 0.361. The summed E-state index contributed by atoms with van der Waals surface area (Å²) >= 11 is 0. The van der Waals surface area contributed by atoms with Gasteiger partial charge in [-0.2, -0.15) is 5.10 Å². The summed E-state index contributed by atoms with van der Waals surface area (Å²) in [6.07, 6.45) is 0.777. The van der Waals surface area contributed by atoms with Crippen molar-refractivity contribution in [3.05, 3.63) is 83.4 Å². The second-order valence-electron chi connectivity index (χ2n) is 9.93. The first-order valence-electron chi connectivity index (χ1n) is 12.0. The smallest absolute Gasteiger partial charge is 0.254 e. The number of nitrogens with one attached hydrogen (secondary N) is 1. The van der Waals surface area contributed by atoms with Crippen LogP contribution in [0.1, 0.15) is 42.3 Å². The van der Waals surface area contributed by atoms with Crippen LogP contribution in [-0.2, 0) is 18.4 Å². The number of anilines is 2. The third-order valence-electron chi connectivity index (χ3n) is 6.42. The van der Waals surface area contributed by atoms with Gasteiger partial charge in [-0.3, -0.25) is 4.79 Å². The summed E-state index contributed by atoms with van der Waals surface area (Å²) < 4.78 is 13.4. The van der Waals surface area contributed by atoms with Crippen LogP contribution < -0.4 is 20.5 Å². The first-order chi connectivity index (χ1) is 17.2. The predicted molar refractivity (Wildman–Crippen MR) is 141 cm³/mol. The van der Waals surface area contributed by atoms with Gasteiger partial charge in [0.25, 0.3) is 5.91 Å². The molecule has 1 aliphatic heterocycles. The van der Waals surface area contributed by atoms with Crippen LogP contribution in [0.5, 0.6) is 17.2 Å². The average molecular weight is 483 g/mol. The summed E-state index contributed by atoms with van der Waals surface area (Å²) in [5, 5.41) is 8.25. The number of methoxy groups -OCH3 is 1. The lowest BCUT2D eigenvalue weighted by Crippen LogP contribution is -2.14. The van der Waals surface area contributed by atoms with Crippen LogP contribution in [0.2, 0.25) is 0 Å². The molecule has 0 fully saturated rings. The SMILES string of the molecule is COc1cc(Oc2ccccc2)ccc1-c1nn2c(c1C(N)=O)Nc1ccc(C(C)(C)C)cc1CC2. The summed E-state index contributed by atoms with van der Waals surface area (Å²) in [5.41, 5.74) is 10.8. The molecule has 3 aromatic carbocycles. The van der Waals surface area contributed by atoms with Crippen LogP contribution in [0.3, 0.4) is 0 Å². The van der Waals surface area contributed by atoms with Crippen molar-refractivity contribution in [2.24, 2.45) is 5.73 Å². The van der Waals surface area contributed by atoms with Crippen LogP contribution in [0.15, 0.2) is 66.7 Å². The van der Waals surface area contributed by atoms with Gasteiger partial charge in [0.15, 0.2) is 0 Å². The first-order valence-corrected chi connectivity index (χ1v) is 12.0. The number of aromatic nitrogens is 2. The molecule has 7 nitrogen and oxygen atoms in total. The molecule has 7 heteroatoms. The normalized spacial score (nSPS) is 12.7. The number of carbonyl (C=O) groups excluding carboxylic acids is 1. The highest BCUT2D eigenvalue weighted by atomic mass is 16.5. The van der Waals surface area contributed by atoms with Crippen molar-refractivity contribution in [1.29, 1.82) is 0 Å². The number of para-hydroxylation sites is 1. The van der Waals surface area contributed by atoms with Gasteiger partial charge in [0.05, 0.1) is 7.11 Å². The van der Waals surface area contributed by atoms with E-state index >= 15 is 0 Å². The van der Waals surface area contributed by atoms with Crippen molar-refractivity contribution in [2.45, 2.75) is 39.2 Å². The molecule has 0 aliphatic carbocycles. The topological polar surface area (TPSA) is 91.4 Å². The molecule has 36 heavy (non-hydrogen) atoms. The molecule has 1 amide bonds. The summed E-state index contributed by atoms with van der Waals surface area (Å²) in [5.74, 6) is 1.90. The number of carbonyl (C=O) groups is 1. The molecule has 1 aromatic heterocycles. The molecule has 0 radical (unpaired) electrons. The fraction of sp³-hybridized carbons (Fsp3) is 0.241. The Morgan fingerprint density at radius 1 is 1.03 bits per heavy atom. The second kappa shape index (κ2) is 9.07. The molecular formula is C29H30N4O3. The van der Waals surface area contributed by atoms with E-state index in [1.165, 1.54) is 11.1 Å². The number of aryl methyl sites for hydroxylation is 2. The molecule has 3 N–H and O–H groups in total. The fourth-order valence-corrected chi connectivity index (χ4v) is 4.47. The minimum Gasteiger partial charge on any atom is -0.496 e. The van der Waals surface area contributed by atoms with E-state index in [-0.39, 0.29) is 5.41 Å². The standard InChI is InChI=1S/C29H30N4O3/c1-29(2,3)19-10-13-23-18(16-19)14-15-33-28(31-23)25(27(30)34)26(32-33)22-12-11-21(17-24(22)35-4)36-20-8-6-5-7-9-20/h5-13,16-17,31H,14-15H2,1-4H3,(H2,30,34). The molecule has 0 saturated carbocycles. The fourth-order valence-electron chi connectivity index (χ4n) is 4.47. The number of hydrogen-bond donors (Lipinski definition) is 2. The molecule has 0 spiro atoms. The number of nitrogens with two attached hydrogens (primary N) is 1. The zero-order valence-corrected chi connectivity index (χ0v) is 21.0. The third-order valence-corrected chi connectivity index (χ3v) is 6.42. The molecule has 0 bridgehead atoms. The minimum absolute atomic E-state index is 0.0490. The van der Waals surface area contributed by atoms with Gasteiger partial charge in [-0.15, -0.1) is 0 Å². The maximum atomic E-state index is 12.7. The number of nitrogens with zero attached hydrogens (tertiary/aromatic N) is 2. The Labute approximate surface area is 210 Å². The van der Waals surface area contributed by atoms with E-state index < -0.39 is 5.91 Å². The van der Waals surface area contributed by atoms with E-state index in [1.54, 1.807) is 13.2 Å². The van der Waals surface area contributed by atoms with Gasteiger partial charge in [-0.25, -0.2) is 4.68 Å². The molecule has 0 saturated heterocycles. The Morgan fingerprint density at radius 3 is 2.50 bits per heavy atom. The van der Waals surface area contributed by atoms with Gasteiger partial charge in [0.1, 0.15) is 34.3 Å². The molecule has 0 atom stereocenters. The van der Waals surface area contributed by atoms with Gasteiger partial charge >= 0.3 is 0 Å². The molecule has 4 aromatic rings. The van der Waals surface area contributed by atoms with Gasteiger partial charge in [0.2, 0.25) is 0 Å². The molecule has 5 rings (SSSR count). The maximum absolute atomic E-state index is 12.7. The zero-order chi connectivity index (χ0) is 25.4. The van der Waals surface area contributed by atoms with Crippen LogP contribution in [0.4, 0.5) is 11.5 Å². The summed E-state index contributed by atoms with van der Waals surface area (Å²) in [6.45, 7) is 7.21. The summed E-state index contributed by atoms with van der Waals surface area (Å²) in [4.78, 5) is 12.7. The molecule has 0 unspecified atom stereocenters. The van der Waals surface area contributed by atoms with Crippen LogP contribution >= 0.6 is 0 Å². The van der Waals surface area contributed by atoms with E-state index in [4.69, 9.17) is 20.3 Å². The number of amides is 1. The van der Waals surface area contributed by atoms with Gasteiger partial charge in [0, 0.05) is 23.9 Å². The Balaban J connectivity index is 1.54. The number of ether oxygens (including phenoxy) is 2. The summed E-state index contributed by atoms with van der Waals surface area (Å²) in [6, 6.07) is 21.4. The van der Waals surface area contributed by atoms with Crippen LogP contribution in [-0.4, -0.2) is 22.8 Å². The Kier molecular flexibility index (Phi) is 5.92. The van der Waals surface area contributed by atoms with Crippen molar-refractivity contribution in [1.82, 2.24) is 9.78 Å². The van der Waals surface area contributed by atoms with E-state index in [1.807, 2.05) is 47.1 Å². The number of primary amides is 1. The van der Waals surface area contributed by atoms with Gasteiger partial charge in [-0.1, -0.05) is 51.1 Å². The highest BCUT2D eigenvalue weighted by molar-refractivity contribution is 6.05. The monoisotopic (exact) mass is 482 g/mol. The lowest BCUT2D eigenvalue weighted by Gasteiger charge is -2.21. The highest BCUT2D eigenvalue weighted by Gasteiger charge is 2.28. The Hall–Kier alpha value is -4.26. The van der Waals surface area contributed by atoms with E-state index in [0.29, 0.717) is 40.7 Å². The number of hydrogen-bond acceptors (Lipinski definition) is 5. The maximum Gasteiger partial charge on any atom is 0.254 e. The lowest BCUT2D eigenvalue weighted by molar-refractivity contribution is 0.100. The van der Waals surface area contributed by atoms with Crippen LogP contribution in [0, 0.1) is 0 Å². The van der Waals surface area contributed by atoms with Crippen molar-refractivity contribution >= 4 is 17.4 Å². The minimum atomic E-state index is -0.555. The van der Waals surface area contributed by atoms with E-state index in [0.717, 1.165) is 17.9 Å². The highest BCUT2D eigenvalue weighted by Crippen LogP contribution is 2.40. The number of rotatable bonds is 5. The largest absolute Gasteiger partial charge is 0.496 e. The second-order valence-corrected chi connectivity index (χ2v) is 9.93. The Bertz CT molecular complexity index is 1440. The van der Waals surface area contributed by atoms with Crippen molar-refractivity contribution in [2.75, 3.05) is 12.4 Å². The summed E-state index contributed by atoms with van der Waals surface area (Å²) in [7, 11) is 1.58. The predicted octanol–water partition coefficient (Wildman–Crippen LogP) is 6.05. The third kappa shape index (κ3) is 4.40.